The Balaban J connectivity index is 3.45. The van der Waals surface area contributed by atoms with E-state index in [-0.39, 0.29) is 19.8 Å². The molecular formula is C11H17F3O5. The van der Waals surface area contributed by atoms with Crippen LogP contribution in [-0.4, -0.2) is 58.9 Å². The van der Waals surface area contributed by atoms with Crippen LogP contribution in [0.1, 0.15) is 0 Å². The summed E-state index contributed by atoms with van der Waals surface area (Å²) in [6, 6.07) is 0. The fourth-order valence-electron chi connectivity index (χ4n) is 0.860. The van der Waals surface area contributed by atoms with Crippen molar-refractivity contribution in [3.8, 4) is 0 Å². The normalized spacial score (nSPS) is 11.4. The Kier molecular flexibility index (Phi) is 9.19. The second kappa shape index (κ2) is 9.76. The lowest BCUT2D eigenvalue weighted by molar-refractivity contribution is -0.152. The van der Waals surface area contributed by atoms with Crippen molar-refractivity contribution in [2.24, 2.45) is 0 Å². The zero-order chi connectivity index (χ0) is 14.7. The standard InChI is InChI=1S/C11H17F3O5/c1-9(11(12,13)14)10(15)19-8-7-18-6-5-17-4-3-16-2/h1,3-8H2,2H3. The summed E-state index contributed by atoms with van der Waals surface area (Å²) >= 11 is 0. The van der Waals surface area contributed by atoms with Crippen molar-refractivity contribution in [3.63, 3.8) is 0 Å². The Morgan fingerprint density at radius 1 is 1.00 bits per heavy atom. The van der Waals surface area contributed by atoms with Crippen LogP contribution in [0.5, 0.6) is 0 Å². The van der Waals surface area contributed by atoms with Gasteiger partial charge in [-0.25, -0.2) is 4.79 Å². The van der Waals surface area contributed by atoms with Gasteiger partial charge in [0.2, 0.25) is 0 Å². The summed E-state index contributed by atoms with van der Waals surface area (Å²) in [6.45, 7) is 3.81. The molecule has 0 heterocycles. The van der Waals surface area contributed by atoms with Gasteiger partial charge in [-0.15, -0.1) is 0 Å². The molecule has 0 aromatic heterocycles. The molecule has 0 rings (SSSR count). The van der Waals surface area contributed by atoms with Crippen LogP contribution in [0.4, 0.5) is 13.2 Å². The van der Waals surface area contributed by atoms with E-state index in [0.29, 0.717) is 19.8 Å². The van der Waals surface area contributed by atoms with Crippen molar-refractivity contribution in [1.82, 2.24) is 0 Å². The number of alkyl halides is 3. The zero-order valence-electron chi connectivity index (χ0n) is 10.6. The third-order valence-corrected chi connectivity index (χ3v) is 1.85. The van der Waals surface area contributed by atoms with Crippen LogP contribution in [-0.2, 0) is 23.7 Å². The van der Waals surface area contributed by atoms with E-state index in [1.54, 1.807) is 7.11 Å². The van der Waals surface area contributed by atoms with E-state index in [1.807, 2.05) is 0 Å². The van der Waals surface area contributed by atoms with E-state index in [1.165, 1.54) is 0 Å². The van der Waals surface area contributed by atoms with Gasteiger partial charge in [-0.05, 0) is 0 Å². The summed E-state index contributed by atoms with van der Waals surface area (Å²) in [5, 5.41) is 0. The fourth-order valence-corrected chi connectivity index (χ4v) is 0.860. The van der Waals surface area contributed by atoms with Gasteiger partial charge in [0.1, 0.15) is 12.2 Å². The zero-order valence-corrected chi connectivity index (χ0v) is 10.6. The molecule has 0 aromatic rings. The van der Waals surface area contributed by atoms with Crippen molar-refractivity contribution in [1.29, 1.82) is 0 Å². The lowest BCUT2D eigenvalue weighted by Gasteiger charge is -2.10. The highest BCUT2D eigenvalue weighted by Crippen LogP contribution is 2.24. The molecule has 0 unspecified atom stereocenters. The summed E-state index contributed by atoms with van der Waals surface area (Å²) in [4.78, 5) is 10.9. The van der Waals surface area contributed by atoms with Crippen LogP contribution in [0, 0.1) is 0 Å². The molecule has 0 aliphatic heterocycles. The first-order valence-corrected chi connectivity index (χ1v) is 5.47. The number of carbonyl (C=O) groups excluding carboxylic acids is 1. The van der Waals surface area contributed by atoms with Crippen molar-refractivity contribution >= 4 is 5.97 Å². The van der Waals surface area contributed by atoms with E-state index < -0.39 is 17.7 Å². The highest BCUT2D eigenvalue weighted by Gasteiger charge is 2.37. The monoisotopic (exact) mass is 286 g/mol. The molecule has 0 aromatic carbocycles. The molecule has 8 heteroatoms. The Hall–Kier alpha value is -1.12. The van der Waals surface area contributed by atoms with Gasteiger partial charge in [0.15, 0.2) is 0 Å². The number of carbonyl (C=O) groups is 1. The summed E-state index contributed by atoms with van der Waals surface area (Å²) in [7, 11) is 1.54. The van der Waals surface area contributed by atoms with Gasteiger partial charge in [-0.1, -0.05) is 6.58 Å². The van der Waals surface area contributed by atoms with Crippen LogP contribution in [0.15, 0.2) is 12.2 Å². The Morgan fingerprint density at radius 3 is 1.95 bits per heavy atom. The molecule has 0 saturated heterocycles. The molecule has 0 radical (unpaired) electrons. The largest absolute Gasteiger partial charge is 0.460 e. The maximum Gasteiger partial charge on any atom is 0.422 e. The first-order chi connectivity index (χ1) is 8.89. The number of esters is 1. The maximum absolute atomic E-state index is 12.0. The summed E-state index contributed by atoms with van der Waals surface area (Å²) in [5.41, 5.74) is -1.53. The topological polar surface area (TPSA) is 54.0 Å². The van der Waals surface area contributed by atoms with Crippen molar-refractivity contribution < 1.29 is 36.9 Å². The minimum Gasteiger partial charge on any atom is -0.460 e. The smallest absolute Gasteiger partial charge is 0.422 e. The van der Waals surface area contributed by atoms with Crippen molar-refractivity contribution in [3.05, 3.63) is 12.2 Å². The highest BCUT2D eigenvalue weighted by atomic mass is 19.4. The first kappa shape index (κ1) is 17.9. The average Bonchev–Trinajstić information content (AvgIpc) is 2.34. The van der Waals surface area contributed by atoms with E-state index in [4.69, 9.17) is 14.2 Å². The molecule has 0 atom stereocenters. The van der Waals surface area contributed by atoms with Crippen LogP contribution in [0.3, 0.4) is 0 Å². The van der Waals surface area contributed by atoms with Crippen LogP contribution < -0.4 is 0 Å². The third-order valence-electron chi connectivity index (χ3n) is 1.85. The predicted molar refractivity (Wildman–Crippen MR) is 59.7 cm³/mol. The van der Waals surface area contributed by atoms with E-state index >= 15 is 0 Å². The number of hydrogen-bond donors (Lipinski definition) is 0. The summed E-state index contributed by atoms with van der Waals surface area (Å²) in [5.74, 6) is -1.49. The average molecular weight is 286 g/mol. The minimum absolute atomic E-state index is 0.00941. The molecule has 19 heavy (non-hydrogen) atoms. The second-order valence-corrected chi connectivity index (χ2v) is 3.33. The van der Waals surface area contributed by atoms with Gasteiger partial charge >= 0.3 is 12.1 Å². The van der Waals surface area contributed by atoms with Gasteiger partial charge in [0.05, 0.1) is 33.0 Å². The van der Waals surface area contributed by atoms with Crippen LogP contribution in [0.25, 0.3) is 0 Å². The number of ether oxygens (including phenoxy) is 4. The number of hydrogen-bond acceptors (Lipinski definition) is 5. The van der Waals surface area contributed by atoms with Crippen molar-refractivity contribution in [2.75, 3.05) is 46.8 Å². The molecule has 0 fully saturated rings. The quantitative estimate of drug-likeness (QED) is 0.344. The molecule has 5 nitrogen and oxygen atoms in total. The van der Waals surface area contributed by atoms with Gasteiger partial charge in [-0.2, -0.15) is 13.2 Å². The Bertz CT molecular complexity index is 278. The molecule has 0 N–H and O–H groups in total. The predicted octanol–water partition coefficient (Wildman–Crippen LogP) is 1.33. The minimum atomic E-state index is -4.77. The molecule has 112 valence electrons. The number of rotatable bonds is 10. The molecular weight excluding hydrogens is 269 g/mol. The number of methoxy groups -OCH3 is 1. The lowest BCUT2D eigenvalue weighted by Crippen LogP contribution is -2.22. The van der Waals surface area contributed by atoms with E-state index in [0.717, 1.165) is 0 Å². The maximum atomic E-state index is 12.0. The summed E-state index contributed by atoms with van der Waals surface area (Å²) < 4.78 is 55.2. The molecule has 0 amide bonds. The van der Waals surface area contributed by atoms with Crippen LogP contribution in [0.2, 0.25) is 0 Å². The van der Waals surface area contributed by atoms with Gasteiger partial charge in [-0.3, -0.25) is 0 Å². The fraction of sp³-hybridized carbons (Fsp3) is 0.727. The van der Waals surface area contributed by atoms with Crippen molar-refractivity contribution in [2.45, 2.75) is 6.18 Å². The Labute approximate surface area is 109 Å². The van der Waals surface area contributed by atoms with Gasteiger partial charge < -0.3 is 18.9 Å². The third kappa shape index (κ3) is 9.46. The molecule has 0 aliphatic rings. The van der Waals surface area contributed by atoms with Gasteiger partial charge in [0.25, 0.3) is 0 Å². The first-order valence-electron chi connectivity index (χ1n) is 5.47. The molecule has 0 spiro atoms. The van der Waals surface area contributed by atoms with Gasteiger partial charge in [0, 0.05) is 7.11 Å². The van der Waals surface area contributed by atoms with Crippen LogP contribution >= 0.6 is 0 Å². The number of halogens is 3. The molecule has 0 saturated carbocycles. The van der Waals surface area contributed by atoms with E-state index in [9.17, 15) is 18.0 Å². The lowest BCUT2D eigenvalue weighted by atomic mass is 10.3. The molecule has 0 bridgehead atoms. The van der Waals surface area contributed by atoms with E-state index in [2.05, 4.69) is 11.3 Å². The highest BCUT2D eigenvalue weighted by molar-refractivity contribution is 5.89. The Morgan fingerprint density at radius 2 is 1.47 bits per heavy atom. The molecule has 0 aliphatic carbocycles. The second-order valence-electron chi connectivity index (χ2n) is 3.33. The SMILES string of the molecule is C=C(C(=O)OCCOCCOCCOC)C(F)(F)F. The summed E-state index contributed by atoms with van der Waals surface area (Å²) in [6.07, 6.45) is -4.77.